The van der Waals surface area contributed by atoms with Crippen molar-refractivity contribution in [1.82, 2.24) is 9.93 Å². The van der Waals surface area contributed by atoms with Gasteiger partial charge < -0.3 is 0 Å². The Morgan fingerprint density at radius 2 is 1.67 bits per heavy atom. The first kappa shape index (κ1) is 19.1. The molecule has 0 aromatic rings. The van der Waals surface area contributed by atoms with Crippen LogP contribution in [0.2, 0.25) is 16.4 Å². The summed E-state index contributed by atoms with van der Waals surface area (Å²) >= 11 is 0. The minimum Gasteiger partial charge on any atom is -0.288 e. The molecular formula is C17H37B2N2. The molecule has 1 heterocycles. The molecule has 2 nitrogen and oxygen atoms in total. The molecule has 1 aliphatic rings. The first-order chi connectivity index (χ1) is 9.41. The summed E-state index contributed by atoms with van der Waals surface area (Å²) in [5.74, 6) is 2.14. The quantitative estimate of drug-likeness (QED) is 0.638. The SMILES string of the molecule is CC(C)B(CN(C)N1[B]C(C)(C(C)C)C1)C(C)(C)C(C)C. The minimum absolute atomic E-state index is 0.370. The molecule has 1 saturated heterocycles. The summed E-state index contributed by atoms with van der Waals surface area (Å²) in [5, 5.41) is 3.20. The predicted octanol–water partition coefficient (Wildman–Crippen LogP) is 4.48. The zero-order valence-corrected chi connectivity index (χ0v) is 16.2. The molecule has 0 aliphatic carbocycles. The standard InChI is InChI=1S/C17H37B2N2/c1-13(2)16(7,8)19(15(5)6)12-20(10)21-11-17(9,18-21)14(3)4/h13-15H,11-12H2,1-10H3. The van der Waals surface area contributed by atoms with Gasteiger partial charge in [0.15, 0.2) is 6.71 Å². The van der Waals surface area contributed by atoms with E-state index in [0.717, 1.165) is 18.9 Å². The molecule has 4 heteroatoms. The molecule has 1 atom stereocenters. The van der Waals surface area contributed by atoms with Crippen molar-refractivity contribution in [3.8, 4) is 0 Å². The molecule has 0 spiro atoms. The molecule has 0 aromatic heterocycles. The highest BCUT2D eigenvalue weighted by atomic mass is 15.6. The lowest BCUT2D eigenvalue weighted by Crippen LogP contribution is -2.63. The molecule has 21 heavy (non-hydrogen) atoms. The van der Waals surface area contributed by atoms with E-state index >= 15 is 0 Å². The number of nitrogens with zero attached hydrogens (tertiary/aromatic N) is 2. The second-order valence-electron chi connectivity index (χ2n) is 9.05. The third-order valence-corrected chi connectivity index (χ3v) is 6.41. The van der Waals surface area contributed by atoms with Crippen molar-refractivity contribution in [2.45, 2.75) is 78.8 Å². The Morgan fingerprint density at radius 3 is 2.00 bits per heavy atom. The molecule has 0 bridgehead atoms. The van der Waals surface area contributed by atoms with Crippen LogP contribution in [0.1, 0.15) is 62.3 Å². The van der Waals surface area contributed by atoms with Gasteiger partial charge in [0.25, 0.3) is 0 Å². The lowest BCUT2D eigenvalue weighted by molar-refractivity contribution is 0.0432. The zero-order valence-electron chi connectivity index (χ0n) is 16.2. The van der Waals surface area contributed by atoms with Gasteiger partial charge in [-0.25, -0.2) is 0 Å². The lowest BCUT2D eigenvalue weighted by atomic mass is 9.26. The number of hydrazine groups is 1. The molecule has 1 radical (unpaired) electrons. The highest BCUT2D eigenvalue weighted by Crippen LogP contribution is 2.45. The smallest absolute Gasteiger partial charge is 0.238 e. The number of rotatable bonds is 7. The van der Waals surface area contributed by atoms with Gasteiger partial charge in [0.1, 0.15) is 0 Å². The van der Waals surface area contributed by atoms with Crippen molar-refractivity contribution in [2.75, 3.05) is 20.0 Å². The molecule has 0 aromatic carbocycles. The van der Waals surface area contributed by atoms with Crippen LogP contribution in [0.15, 0.2) is 0 Å². The van der Waals surface area contributed by atoms with E-state index in [9.17, 15) is 0 Å². The molecule has 1 unspecified atom stereocenters. The van der Waals surface area contributed by atoms with E-state index in [1.54, 1.807) is 0 Å². The Labute approximate surface area is 135 Å². The third-order valence-electron chi connectivity index (χ3n) is 6.41. The van der Waals surface area contributed by atoms with Crippen molar-refractivity contribution < 1.29 is 0 Å². The monoisotopic (exact) mass is 291 g/mol. The number of hydrogen-bond donors (Lipinski definition) is 0. The molecule has 0 N–H and O–H groups in total. The normalized spacial score (nSPS) is 23.9. The Bertz CT molecular complexity index is 334. The number of hydrogen-bond acceptors (Lipinski definition) is 2. The van der Waals surface area contributed by atoms with Crippen LogP contribution in [0.5, 0.6) is 0 Å². The summed E-state index contributed by atoms with van der Waals surface area (Å²) in [7, 11) is 4.68. The molecular weight excluding hydrogens is 254 g/mol. The highest BCUT2D eigenvalue weighted by Gasteiger charge is 2.46. The van der Waals surface area contributed by atoms with Gasteiger partial charge in [-0.05, 0) is 30.6 Å². The largest absolute Gasteiger partial charge is 0.288 e. The van der Waals surface area contributed by atoms with Crippen LogP contribution >= 0.6 is 0 Å². The van der Waals surface area contributed by atoms with Gasteiger partial charge in [0.2, 0.25) is 7.41 Å². The average molecular weight is 291 g/mol. The summed E-state index contributed by atoms with van der Waals surface area (Å²) in [4.78, 5) is 2.42. The van der Waals surface area contributed by atoms with E-state index in [0.29, 0.717) is 29.1 Å². The summed E-state index contributed by atoms with van der Waals surface area (Å²) in [5.41, 5.74) is 0. The minimum atomic E-state index is 0.370. The fourth-order valence-corrected chi connectivity index (χ4v) is 3.34. The Balaban J connectivity index is 2.66. The molecule has 121 valence electrons. The van der Waals surface area contributed by atoms with Crippen LogP contribution in [0, 0.1) is 11.8 Å². The van der Waals surface area contributed by atoms with Crippen LogP contribution in [-0.4, -0.2) is 44.1 Å². The average Bonchev–Trinajstić information content (AvgIpc) is 2.30. The molecule has 1 aliphatic heterocycles. The van der Waals surface area contributed by atoms with Crippen LogP contribution in [0.3, 0.4) is 0 Å². The van der Waals surface area contributed by atoms with Gasteiger partial charge in [-0.3, -0.25) is 9.93 Å². The van der Waals surface area contributed by atoms with E-state index < -0.39 is 0 Å². The lowest BCUT2D eigenvalue weighted by Gasteiger charge is -2.54. The first-order valence-electron chi connectivity index (χ1n) is 8.75. The van der Waals surface area contributed by atoms with Gasteiger partial charge >= 0.3 is 0 Å². The van der Waals surface area contributed by atoms with Crippen LogP contribution in [0.4, 0.5) is 0 Å². The maximum absolute atomic E-state index is 2.44. The van der Waals surface area contributed by atoms with E-state index in [4.69, 9.17) is 0 Å². The van der Waals surface area contributed by atoms with E-state index in [2.05, 4.69) is 86.7 Å². The third kappa shape index (κ3) is 4.07. The second kappa shape index (κ2) is 6.66. The summed E-state index contributed by atoms with van der Waals surface area (Å²) < 4.78 is 0. The Hall–Kier alpha value is 0.0499. The van der Waals surface area contributed by atoms with Gasteiger partial charge in [-0.15, -0.1) is 0 Å². The highest BCUT2D eigenvalue weighted by molar-refractivity contribution is 6.63. The van der Waals surface area contributed by atoms with Gasteiger partial charge in [0.05, 0.1) is 0 Å². The second-order valence-corrected chi connectivity index (χ2v) is 9.05. The van der Waals surface area contributed by atoms with Gasteiger partial charge in [0, 0.05) is 6.54 Å². The Morgan fingerprint density at radius 1 is 1.19 bits per heavy atom. The fraction of sp³-hybridized carbons (Fsp3) is 1.00. The molecule has 0 amide bonds. The summed E-state index contributed by atoms with van der Waals surface area (Å²) in [6, 6.07) is 0. The van der Waals surface area contributed by atoms with Crippen LogP contribution in [-0.2, 0) is 0 Å². The molecule has 1 fully saturated rings. The summed E-state index contributed by atoms with van der Waals surface area (Å²) in [6.45, 7) is 23.3. The fourth-order valence-electron chi connectivity index (χ4n) is 3.34. The molecule has 0 saturated carbocycles. The maximum atomic E-state index is 2.44. The van der Waals surface area contributed by atoms with Gasteiger partial charge in [-0.1, -0.05) is 73.4 Å². The summed E-state index contributed by atoms with van der Waals surface area (Å²) in [6.07, 6.45) is 1.15. The Kier molecular flexibility index (Phi) is 6.06. The zero-order chi connectivity index (χ0) is 16.6. The van der Waals surface area contributed by atoms with Crippen LogP contribution < -0.4 is 0 Å². The molecule has 1 rings (SSSR count). The van der Waals surface area contributed by atoms with E-state index in [1.165, 1.54) is 0 Å². The van der Waals surface area contributed by atoms with E-state index in [-0.39, 0.29) is 0 Å². The van der Waals surface area contributed by atoms with Crippen molar-refractivity contribution >= 4 is 14.1 Å². The van der Waals surface area contributed by atoms with E-state index in [1.807, 2.05) is 0 Å². The van der Waals surface area contributed by atoms with Crippen molar-refractivity contribution in [3.05, 3.63) is 0 Å². The van der Waals surface area contributed by atoms with Gasteiger partial charge in [-0.2, -0.15) is 0 Å². The van der Waals surface area contributed by atoms with Crippen LogP contribution in [0.25, 0.3) is 0 Å². The first-order valence-corrected chi connectivity index (χ1v) is 8.75. The van der Waals surface area contributed by atoms with Crippen molar-refractivity contribution in [1.29, 1.82) is 0 Å². The van der Waals surface area contributed by atoms with Crippen molar-refractivity contribution in [2.24, 2.45) is 11.8 Å². The topological polar surface area (TPSA) is 6.48 Å². The van der Waals surface area contributed by atoms with Crippen molar-refractivity contribution in [3.63, 3.8) is 0 Å². The predicted molar refractivity (Wildman–Crippen MR) is 98.0 cm³/mol. The maximum Gasteiger partial charge on any atom is 0.238 e.